The minimum atomic E-state index is 0.399. The minimum Gasteiger partial charge on any atom is -0.273 e. The molecule has 0 rings (SSSR count). The third-order valence-electron chi connectivity index (χ3n) is 2.54. The molecule has 0 saturated heterocycles. The number of hydrogen-bond donors (Lipinski definition) is 0. The van der Waals surface area contributed by atoms with E-state index < -0.39 is 0 Å². The average molecular weight is 273 g/mol. The van der Waals surface area contributed by atoms with Crippen molar-refractivity contribution >= 4 is 16.0 Å². The maximum Gasteiger partial charge on any atom is 0.0255 e. The second-order valence-corrected chi connectivity index (χ2v) is 5.11. The first-order valence-electron chi connectivity index (χ1n) is 7.17. The lowest BCUT2D eigenvalue weighted by Gasteiger charge is -2.26. The zero-order chi connectivity index (χ0) is 15.2. The predicted octanol–water partition coefficient (Wildman–Crippen LogP) is 5.96. The zero-order valence-electron chi connectivity index (χ0n) is 14.0. The predicted molar refractivity (Wildman–Crippen MR) is 92.8 cm³/mol. The Morgan fingerprint density at radius 1 is 1.22 bits per heavy atom. The van der Waals surface area contributed by atoms with E-state index in [1.165, 1.54) is 18.4 Å². The van der Waals surface area contributed by atoms with E-state index in [-0.39, 0.29) is 0 Å². The van der Waals surface area contributed by atoms with Crippen LogP contribution < -0.4 is 0 Å². The number of aliphatic imine (C=N–C) groups is 1. The Morgan fingerprint density at radius 3 is 1.89 bits per heavy atom. The molecule has 0 bridgehead atoms. The van der Waals surface area contributed by atoms with Crippen molar-refractivity contribution in [1.82, 2.24) is 0 Å². The van der Waals surface area contributed by atoms with Gasteiger partial charge in [-0.25, -0.2) is 0 Å². The van der Waals surface area contributed by atoms with E-state index in [1.807, 2.05) is 26.7 Å². The lowest BCUT2D eigenvalue weighted by molar-refractivity contribution is 0.309. The summed E-state index contributed by atoms with van der Waals surface area (Å²) >= 11 is 0. The number of hydrogen-bond acceptors (Lipinski definition) is 1. The summed E-state index contributed by atoms with van der Waals surface area (Å²) in [5.74, 6) is 0.672. The summed E-state index contributed by atoms with van der Waals surface area (Å²) in [6.07, 6.45) is 5.47. The van der Waals surface area contributed by atoms with E-state index in [2.05, 4.69) is 55.6 Å². The highest BCUT2D eigenvalue weighted by molar-refractivity contribution is 7.15. The van der Waals surface area contributed by atoms with Gasteiger partial charge in [-0.2, -0.15) is 0 Å². The van der Waals surface area contributed by atoms with Gasteiger partial charge in [0.1, 0.15) is 0 Å². The zero-order valence-corrected chi connectivity index (χ0v) is 15.2. The highest BCUT2D eigenvalue weighted by Crippen LogP contribution is 2.32. The molecule has 0 aliphatic heterocycles. The monoisotopic (exact) mass is 273 g/mol. The molecule has 0 fully saturated rings. The standard InChI is InChI=1S/C13H25N.C2H6.CH5P/c1-7-11(9-13(3,4)5)12(8-2)10-14-6;2*1-2/h10-11H,6-9H2,1-5H3;1-2H3;2H2,1H3/b12-10+;;. The van der Waals surface area contributed by atoms with Crippen molar-refractivity contribution in [2.75, 3.05) is 6.66 Å². The molecule has 2 unspecified atom stereocenters. The van der Waals surface area contributed by atoms with Gasteiger partial charge < -0.3 is 0 Å². The lowest BCUT2D eigenvalue weighted by Crippen LogP contribution is -2.14. The Balaban J connectivity index is -0.000000506. The van der Waals surface area contributed by atoms with Crippen LogP contribution in [0, 0.1) is 11.3 Å². The van der Waals surface area contributed by atoms with Gasteiger partial charge in [0.25, 0.3) is 0 Å². The Bertz CT molecular complexity index is 202. The molecule has 0 spiro atoms. The molecule has 0 saturated carbocycles. The largest absolute Gasteiger partial charge is 0.273 e. The normalized spacial score (nSPS) is 12.6. The summed E-state index contributed by atoms with van der Waals surface area (Å²) in [6, 6.07) is 0. The lowest BCUT2D eigenvalue weighted by atomic mass is 9.79. The van der Waals surface area contributed by atoms with Crippen molar-refractivity contribution in [3.8, 4) is 0 Å². The van der Waals surface area contributed by atoms with E-state index in [9.17, 15) is 0 Å². The molecule has 110 valence electrons. The van der Waals surface area contributed by atoms with E-state index in [0.717, 1.165) is 6.42 Å². The topological polar surface area (TPSA) is 12.4 Å². The fourth-order valence-electron chi connectivity index (χ4n) is 1.88. The third kappa shape index (κ3) is 13.9. The second-order valence-electron chi connectivity index (χ2n) is 5.11. The highest BCUT2D eigenvalue weighted by atomic mass is 31.0. The highest BCUT2D eigenvalue weighted by Gasteiger charge is 2.19. The summed E-state index contributed by atoms with van der Waals surface area (Å²) in [5.41, 5.74) is 1.84. The van der Waals surface area contributed by atoms with Crippen LogP contribution in [0.25, 0.3) is 0 Å². The molecule has 0 heterocycles. The maximum atomic E-state index is 3.89. The van der Waals surface area contributed by atoms with E-state index in [1.54, 1.807) is 0 Å². The fourth-order valence-corrected chi connectivity index (χ4v) is 1.88. The Kier molecular flexibility index (Phi) is 19.0. The quantitative estimate of drug-likeness (QED) is 0.433. The number of allylic oxidation sites excluding steroid dienone is 1. The minimum absolute atomic E-state index is 0.399. The molecule has 0 radical (unpaired) electrons. The Labute approximate surface area is 119 Å². The molecule has 0 aliphatic carbocycles. The molecule has 2 atom stereocenters. The van der Waals surface area contributed by atoms with Crippen molar-refractivity contribution in [2.45, 2.75) is 67.7 Å². The van der Waals surface area contributed by atoms with Gasteiger partial charge in [-0.05, 0) is 42.9 Å². The van der Waals surface area contributed by atoms with Crippen molar-refractivity contribution in [3.63, 3.8) is 0 Å². The molecule has 0 aromatic carbocycles. The van der Waals surface area contributed by atoms with Crippen molar-refractivity contribution in [2.24, 2.45) is 16.3 Å². The first-order valence-corrected chi connectivity index (χ1v) is 8.32. The number of nitrogens with zero attached hydrogens (tertiary/aromatic N) is 1. The SMILES string of the molecule is C=N/C=C(\CC)C(CC)CC(C)(C)C.CC.CP. The Hall–Kier alpha value is -0.160. The van der Waals surface area contributed by atoms with E-state index >= 15 is 0 Å². The van der Waals surface area contributed by atoms with Gasteiger partial charge in [0.05, 0.1) is 0 Å². The molecule has 2 heteroatoms. The van der Waals surface area contributed by atoms with Crippen LogP contribution in [0.15, 0.2) is 16.8 Å². The van der Waals surface area contributed by atoms with Crippen LogP contribution in [0.1, 0.15) is 67.7 Å². The first-order chi connectivity index (χ1) is 8.44. The van der Waals surface area contributed by atoms with Crippen LogP contribution >= 0.6 is 9.24 Å². The molecule has 0 amide bonds. The van der Waals surface area contributed by atoms with Gasteiger partial charge in [-0.15, -0.1) is 9.24 Å². The van der Waals surface area contributed by atoms with Gasteiger partial charge in [0.15, 0.2) is 0 Å². The molecule has 1 nitrogen and oxygen atoms in total. The second kappa shape index (κ2) is 14.9. The summed E-state index contributed by atoms with van der Waals surface area (Å²) in [5, 5.41) is 0. The first kappa shape index (κ1) is 23.0. The molecule has 18 heavy (non-hydrogen) atoms. The van der Waals surface area contributed by atoms with Crippen LogP contribution in [0.5, 0.6) is 0 Å². The summed E-state index contributed by atoms with van der Waals surface area (Å²) in [7, 11) is 2.42. The third-order valence-corrected chi connectivity index (χ3v) is 2.54. The van der Waals surface area contributed by atoms with Crippen molar-refractivity contribution in [3.05, 3.63) is 11.8 Å². The van der Waals surface area contributed by atoms with E-state index in [4.69, 9.17) is 0 Å². The van der Waals surface area contributed by atoms with Gasteiger partial charge >= 0.3 is 0 Å². The Morgan fingerprint density at radius 2 is 1.67 bits per heavy atom. The average Bonchev–Trinajstić information content (AvgIpc) is 2.37. The van der Waals surface area contributed by atoms with Crippen LogP contribution in [0.4, 0.5) is 0 Å². The van der Waals surface area contributed by atoms with Crippen LogP contribution in [0.3, 0.4) is 0 Å². The van der Waals surface area contributed by atoms with Crippen LogP contribution in [-0.4, -0.2) is 13.4 Å². The maximum absolute atomic E-state index is 3.89. The number of rotatable bonds is 5. The summed E-state index contributed by atoms with van der Waals surface area (Å²) < 4.78 is 0. The van der Waals surface area contributed by atoms with Gasteiger partial charge in [0.2, 0.25) is 0 Å². The van der Waals surface area contributed by atoms with Crippen molar-refractivity contribution < 1.29 is 0 Å². The van der Waals surface area contributed by atoms with E-state index in [0.29, 0.717) is 11.3 Å². The van der Waals surface area contributed by atoms with Gasteiger partial charge in [-0.1, -0.05) is 55.1 Å². The summed E-state index contributed by atoms with van der Waals surface area (Å²) in [6.45, 7) is 20.8. The van der Waals surface area contributed by atoms with Gasteiger partial charge in [0, 0.05) is 6.20 Å². The molecule has 0 aliphatic rings. The smallest absolute Gasteiger partial charge is 0.0255 e. The fraction of sp³-hybridized carbons (Fsp3) is 0.812. The van der Waals surface area contributed by atoms with Crippen molar-refractivity contribution in [1.29, 1.82) is 0 Å². The molecular formula is C16H36NP. The van der Waals surface area contributed by atoms with Crippen LogP contribution in [-0.2, 0) is 0 Å². The molecule has 0 aromatic heterocycles. The van der Waals surface area contributed by atoms with Crippen LogP contribution in [0.2, 0.25) is 0 Å². The van der Waals surface area contributed by atoms with Gasteiger partial charge in [-0.3, -0.25) is 4.99 Å². The molecule has 0 N–H and O–H groups in total. The molecule has 0 aromatic rings. The summed E-state index contributed by atoms with van der Waals surface area (Å²) in [4.78, 5) is 3.89. The molecular weight excluding hydrogens is 237 g/mol.